The minimum absolute atomic E-state index is 0.0412. The Hall–Kier alpha value is -2.50. The molecular weight excluding hydrogens is 283 g/mol. The van der Waals surface area contributed by atoms with Gasteiger partial charge in [-0.05, 0) is 30.3 Å². The first kappa shape index (κ1) is 14.9. The lowest BCUT2D eigenvalue weighted by molar-refractivity contribution is 0.0600. The van der Waals surface area contributed by atoms with Crippen molar-refractivity contribution in [2.75, 3.05) is 12.4 Å². The Bertz CT molecular complexity index is 654. The summed E-state index contributed by atoms with van der Waals surface area (Å²) in [5.74, 6) is -2.73. The van der Waals surface area contributed by atoms with Crippen molar-refractivity contribution >= 4 is 11.7 Å². The second-order valence-electron chi connectivity index (χ2n) is 4.24. The number of benzene rings is 2. The van der Waals surface area contributed by atoms with Crippen LogP contribution in [-0.4, -0.2) is 13.1 Å². The second kappa shape index (κ2) is 6.30. The van der Waals surface area contributed by atoms with Gasteiger partial charge in [-0.2, -0.15) is 0 Å². The molecular formula is C15H12F3NO2. The number of carbonyl (C=O) groups is 1. The predicted molar refractivity (Wildman–Crippen MR) is 71.4 cm³/mol. The number of esters is 1. The molecule has 2 aromatic rings. The van der Waals surface area contributed by atoms with E-state index in [1.807, 2.05) is 0 Å². The van der Waals surface area contributed by atoms with Crippen LogP contribution < -0.4 is 5.32 Å². The average Bonchev–Trinajstić information content (AvgIpc) is 2.47. The zero-order valence-corrected chi connectivity index (χ0v) is 11.1. The summed E-state index contributed by atoms with van der Waals surface area (Å²) >= 11 is 0. The Balaban J connectivity index is 2.22. The fourth-order valence-electron chi connectivity index (χ4n) is 1.79. The van der Waals surface area contributed by atoms with Gasteiger partial charge >= 0.3 is 5.97 Å². The zero-order chi connectivity index (χ0) is 15.4. The Kier molecular flexibility index (Phi) is 4.47. The van der Waals surface area contributed by atoms with Gasteiger partial charge in [-0.1, -0.05) is 6.07 Å². The molecule has 0 spiro atoms. The summed E-state index contributed by atoms with van der Waals surface area (Å²) in [5, 5.41) is 2.57. The summed E-state index contributed by atoms with van der Waals surface area (Å²) < 4.78 is 45.1. The van der Waals surface area contributed by atoms with Crippen molar-refractivity contribution < 1.29 is 22.7 Å². The van der Waals surface area contributed by atoms with E-state index in [2.05, 4.69) is 10.1 Å². The topological polar surface area (TPSA) is 38.3 Å². The molecule has 0 radical (unpaired) electrons. The molecule has 0 heterocycles. The first-order chi connectivity index (χ1) is 10.0. The molecule has 0 amide bonds. The number of carbonyl (C=O) groups excluding carboxylic acids is 1. The SMILES string of the molecule is COC(=O)c1ccc(F)c(NCc2c(F)cccc2F)c1. The number of rotatable bonds is 4. The van der Waals surface area contributed by atoms with Crippen molar-refractivity contribution in [2.24, 2.45) is 0 Å². The van der Waals surface area contributed by atoms with Crippen LogP contribution >= 0.6 is 0 Å². The summed E-state index contributed by atoms with van der Waals surface area (Å²) in [6.07, 6.45) is 0. The van der Waals surface area contributed by atoms with Gasteiger partial charge in [0.05, 0.1) is 18.4 Å². The van der Waals surface area contributed by atoms with Gasteiger partial charge in [0.1, 0.15) is 17.5 Å². The van der Waals surface area contributed by atoms with Crippen LogP contribution in [0, 0.1) is 17.5 Å². The maximum absolute atomic E-state index is 13.6. The van der Waals surface area contributed by atoms with Crippen LogP contribution in [0.5, 0.6) is 0 Å². The van der Waals surface area contributed by atoms with Gasteiger partial charge in [0.2, 0.25) is 0 Å². The smallest absolute Gasteiger partial charge is 0.337 e. The van der Waals surface area contributed by atoms with Crippen LogP contribution in [0.4, 0.5) is 18.9 Å². The van der Waals surface area contributed by atoms with E-state index in [1.165, 1.54) is 25.3 Å². The molecule has 110 valence electrons. The molecule has 21 heavy (non-hydrogen) atoms. The van der Waals surface area contributed by atoms with Gasteiger partial charge < -0.3 is 10.1 Å². The third-order valence-electron chi connectivity index (χ3n) is 2.90. The van der Waals surface area contributed by atoms with Crippen molar-refractivity contribution in [3.63, 3.8) is 0 Å². The first-order valence-corrected chi connectivity index (χ1v) is 6.07. The molecule has 0 unspecified atom stereocenters. The van der Waals surface area contributed by atoms with Gasteiger partial charge in [0.25, 0.3) is 0 Å². The Labute approximate surface area is 119 Å². The van der Waals surface area contributed by atoms with Gasteiger partial charge in [0.15, 0.2) is 0 Å². The molecule has 0 atom stereocenters. The molecule has 0 aliphatic carbocycles. The van der Waals surface area contributed by atoms with E-state index in [4.69, 9.17) is 0 Å². The maximum atomic E-state index is 13.6. The molecule has 0 fully saturated rings. The van der Waals surface area contributed by atoms with E-state index >= 15 is 0 Å². The van der Waals surface area contributed by atoms with Gasteiger partial charge in [-0.25, -0.2) is 18.0 Å². The lowest BCUT2D eigenvalue weighted by Gasteiger charge is -2.10. The third-order valence-corrected chi connectivity index (χ3v) is 2.90. The molecule has 0 saturated carbocycles. The Morgan fingerprint density at radius 2 is 1.76 bits per heavy atom. The van der Waals surface area contributed by atoms with Gasteiger partial charge in [-0.3, -0.25) is 0 Å². The fraction of sp³-hybridized carbons (Fsp3) is 0.133. The van der Waals surface area contributed by atoms with Crippen molar-refractivity contribution in [1.29, 1.82) is 0 Å². The number of methoxy groups -OCH3 is 1. The average molecular weight is 295 g/mol. The van der Waals surface area contributed by atoms with Crippen molar-refractivity contribution in [3.05, 3.63) is 65.0 Å². The van der Waals surface area contributed by atoms with E-state index < -0.39 is 23.4 Å². The summed E-state index contributed by atoms with van der Waals surface area (Å²) in [6.45, 7) is -0.250. The third kappa shape index (κ3) is 3.34. The van der Waals surface area contributed by atoms with E-state index in [9.17, 15) is 18.0 Å². The summed E-state index contributed by atoms with van der Waals surface area (Å²) in [7, 11) is 1.20. The van der Waals surface area contributed by atoms with E-state index in [-0.39, 0.29) is 23.4 Å². The standard InChI is InChI=1S/C15H12F3NO2/c1-21-15(20)9-5-6-13(18)14(7-9)19-8-10-11(16)3-2-4-12(10)17/h2-7,19H,8H2,1H3. The molecule has 0 aliphatic heterocycles. The predicted octanol–water partition coefficient (Wildman–Crippen LogP) is 3.50. The zero-order valence-electron chi connectivity index (χ0n) is 11.1. The Morgan fingerprint density at radius 1 is 1.10 bits per heavy atom. The highest BCUT2D eigenvalue weighted by Gasteiger charge is 2.12. The van der Waals surface area contributed by atoms with Crippen LogP contribution in [0.3, 0.4) is 0 Å². The van der Waals surface area contributed by atoms with Gasteiger partial charge in [0, 0.05) is 12.1 Å². The molecule has 0 aromatic heterocycles. The largest absolute Gasteiger partial charge is 0.465 e. The van der Waals surface area contributed by atoms with Crippen molar-refractivity contribution in [2.45, 2.75) is 6.54 Å². The normalized spacial score (nSPS) is 10.3. The molecule has 0 saturated heterocycles. The van der Waals surface area contributed by atoms with Crippen LogP contribution in [0.25, 0.3) is 0 Å². The fourth-order valence-corrected chi connectivity index (χ4v) is 1.79. The highest BCUT2D eigenvalue weighted by molar-refractivity contribution is 5.90. The number of ether oxygens (including phenoxy) is 1. The van der Waals surface area contributed by atoms with Crippen LogP contribution in [0.2, 0.25) is 0 Å². The molecule has 2 rings (SSSR count). The molecule has 0 bridgehead atoms. The van der Waals surface area contributed by atoms with Crippen LogP contribution in [0.15, 0.2) is 36.4 Å². The number of hydrogen-bond acceptors (Lipinski definition) is 3. The highest BCUT2D eigenvalue weighted by atomic mass is 19.1. The molecule has 3 nitrogen and oxygen atoms in total. The maximum Gasteiger partial charge on any atom is 0.337 e. The summed E-state index contributed by atoms with van der Waals surface area (Å²) in [5.41, 5.74) is -0.115. The number of anilines is 1. The second-order valence-corrected chi connectivity index (χ2v) is 4.24. The summed E-state index contributed by atoms with van der Waals surface area (Å²) in [6, 6.07) is 7.03. The summed E-state index contributed by atoms with van der Waals surface area (Å²) in [4.78, 5) is 11.4. The molecule has 1 N–H and O–H groups in total. The quantitative estimate of drug-likeness (QED) is 0.877. The minimum Gasteiger partial charge on any atom is -0.465 e. The molecule has 0 aliphatic rings. The van der Waals surface area contributed by atoms with Crippen LogP contribution in [0.1, 0.15) is 15.9 Å². The number of halogens is 3. The molecule has 6 heteroatoms. The van der Waals surface area contributed by atoms with E-state index in [0.717, 1.165) is 18.2 Å². The number of nitrogens with one attached hydrogen (secondary N) is 1. The molecule has 2 aromatic carbocycles. The lowest BCUT2D eigenvalue weighted by atomic mass is 10.1. The first-order valence-electron chi connectivity index (χ1n) is 6.07. The number of hydrogen-bond donors (Lipinski definition) is 1. The van der Waals surface area contributed by atoms with Crippen molar-refractivity contribution in [3.8, 4) is 0 Å². The highest BCUT2D eigenvalue weighted by Crippen LogP contribution is 2.19. The minimum atomic E-state index is -0.730. The Morgan fingerprint density at radius 3 is 2.38 bits per heavy atom. The van der Waals surface area contributed by atoms with Gasteiger partial charge in [-0.15, -0.1) is 0 Å². The van der Waals surface area contributed by atoms with E-state index in [1.54, 1.807) is 0 Å². The lowest BCUT2D eigenvalue weighted by Crippen LogP contribution is -2.08. The van der Waals surface area contributed by atoms with E-state index in [0.29, 0.717) is 0 Å². The monoisotopic (exact) mass is 295 g/mol. The van der Waals surface area contributed by atoms with Crippen LogP contribution in [-0.2, 0) is 11.3 Å². The van der Waals surface area contributed by atoms with Crippen molar-refractivity contribution in [1.82, 2.24) is 0 Å².